The number of hydrogen-bond acceptors (Lipinski definition) is 4. The summed E-state index contributed by atoms with van der Waals surface area (Å²) in [5, 5.41) is 8.61. The third-order valence-electron chi connectivity index (χ3n) is 4.94. The maximum atomic E-state index is 6.00. The summed E-state index contributed by atoms with van der Waals surface area (Å²) in [4.78, 5) is 2.38. The van der Waals surface area contributed by atoms with E-state index in [-0.39, 0.29) is 10.8 Å². The van der Waals surface area contributed by atoms with Crippen molar-refractivity contribution in [3.8, 4) is 11.5 Å². The maximum absolute atomic E-state index is 6.00. The van der Waals surface area contributed by atoms with Crippen molar-refractivity contribution in [2.75, 3.05) is 13.1 Å². The van der Waals surface area contributed by atoms with E-state index in [0.29, 0.717) is 5.89 Å². The van der Waals surface area contributed by atoms with Crippen LogP contribution in [0.15, 0.2) is 22.6 Å². The van der Waals surface area contributed by atoms with Crippen LogP contribution < -0.4 is 0 Å². The number of nitrogens with zero attached hydrogens (tertiary/aromatic N) is 3. The summed E-state index contributed by atoms with van der Waals surface area (Å²) in [7, 11) is 0. The molecule has 1 aliphatic heterocycles. The van der Waals surface area contributed by atoms with Gasteiger partial charge in [0.05, 0.1) is 6.54 Å². The van der Waals surface area contributed by atoms with Gasteiger partial charge in [0.15, 0.2) is 0 Å². The van der Waals surface area contributed by atoms with Crippen molar-refractivity contribution in [1.29, 1.82) is 0 Å². The van der Waals surface area contributed by atoms with Crippen LogP contribution in [0.3, 0.4) is 0 Å². The summed E-state index contributed by atoms with van der Waals surface area (Å²) in [6.45, 7) is 16.5. The number of benzene rings is 1. The molecule has 0 spiro atoms. The van der Waals surface area contributed by atoms with Crippen molar-refractivity contribution >= 4 is 0 Å². The molecular formula is C21H31N3O. The van der Waals surface area contributed by atoms with E-state index in [9.17, 15) is 0 Å². The molecule has 3 rings (SSSR count). The maximum Gasteiger partial charge on any atom is 0.247 e. The van der Waals surface area contributed by atoms with Crippen molar-refractivity contribution in [3.63, 3.8) is 0 Å². The first-order chi connectivity index (χ1) is 11.6. The summed E-state index contributed by atoms with van der Waals surface area (Å²) < 4.78 is 6.00. The highest BCUT2D eigenvalue weighted by Gasteiger charge is 2.23. The lowest BCUT2D eigenvalue weighted by atomic mass is 9.79. The van der Waals surface area contributed by atoms with Crippen molar-refractivity contribution in [2.24, 2.45) is 0 Å². The SMILES string of the molecule is CC(C)(C)c1cc(-c2nnc(CN3CCCC3)o2)cc(C(C)(C)C)c1. The smallest absolute Gasteiger partial charge is 0.247 e. The molecule has 1 aromatic carbocycles. The van der Waals surface area contributed by atoms with Crippen LogP contribution in [-0.2, 0) is 17.4 Å². The van der Waals surface area contributed by atoms with Gasteiger partial charge in [-0.15, -0.1) is 10.2 Å². The van der Waals surface area contributed by atoms with Crippen LogP contribution in [0.5, 0.6) is 0 Å². The molecule has 1 aliphatic rings. The van der Waals surface area contributed by atoms with Crippen LogP contribution >= 0.6 is 0 Å². The minimum atomic E-state index is 0.0778. The van der Waals surface area contributed by atoms with Gasteiger partial charge in [0.1, 0.15) is 0 Å². The molecule has 1 fully saturated rings. The lowest BCUT2D eigenvalue weighted by Crippen LogP contribution is -2.18. The summed E-state index contributed by atoms with van der Waals surface area (Å²) in [6, 6.07) is 6.70. The first-order valence-electron chi connectivity index (χ1n) is 9.34. The minimum absolute atomic E-state index is 0.0778. The quantitative estimate of drug-likeness (QED) is 0.794. The summed E-state index contributed by atoms with van der Waals surface area (Å²) in [5.74, 6) is 1.35. The highest BCUT2D eigenvalue weighted by molar-refractivity contribution is 5.57. The fourth-order valence-corrected chi connectivity index (χ4v) is 3.18. The Morgan fingerprint density at radius 3 is 1.96 bits per heavy atom. The monoisotopic (exact) mass is 341 g/mol. The molecular weight excluding hydrogens is 310 g/mol. The number of aromatic nitrogens is 2. The molecule has 4 heteroatoms. The summed E-state index contributed by atoms with van der Waals surface area (Å²) >= 11 is 0. The average Bonchev–Trinajstić information content (AvgIpc) is 3.17. The second-order valence-corrected chi connectivity index (χ2v) is 9.28. The topological polar surface area (TPSA) is 42.2 Å². The Labute approximate surface area is 151 Å². The van der Waals surface area contributed by atoms with E-state index < -0.39 is 0 Å². The Kier molecular flexibility index (Phi) is 4.76. The van der Waals surface area contributed by atoms with Gasteiger partial charge in [-0.1, -0.05) is 47.6 Å². The third-order valence-corrected chi connectivity index (χ3v) is 4.94. The van der Waals surface area contributed by atoms with Crippen LogP contribution in [0.2, 0.25) is 0 Å². The normalized spacial score (nSPS) is 16.6. The standard InChI is InChI=1S/C21H31N3O/c1-20(2,3)16-11-15(12-17(13-16)21(4,5)6)19-23-22-18(25-19)14-24-9-7-8-10-24/h11-13H,7-10,14H2,1-6H3. The van der Waals surface area contributed by atoms with Crippen molar-refractivity contribution in [3.05, 3.63) is 35.2 Å². The fraction of sp³-hybridized carbons (Fsp3) is 0.619. The molecule has 0 N–H and O–H groups in total. The molecule has 0 saturated carbocycles. The Bertz CT molecular complexity index is 696. The van der Waals surface area contributed by atoms with Crippen molar-refractivity contribution in [2.45, 2.75) is 71.8 Å². The van der Waals surface area contributed by atoms with E-state index in [1.54, 1.807) is 0 Å². The molecule has 0 atom stereocenters. The van der Waals surface area contributed by atoms with Gasteiger partial charge in [0.25, 0.3) is 0 Å². The average molecular weight is 341 g/mol. The molecule has 0 radical (unpaired) electrons. The first kappa shape index (κ1) is 18.1. The van der Waals surface area contributed by atoms with Crippen LogP contribution in [0.4, 0.5) is 0 Å². The van der Waals surface area contributed by atoms with Crippen molar-refractivity contribution < 1.29 is 4.42 Å². The van der Waals surface area contributed by atoms with Gasteiger partial charge in [0.2, 0.25) is 11.8 Å². The van der Waals surface area contributed by atoms with Gasteiger partial charge in [-0.25, -0.2) is 0 Å². The van der Waals surface area contributed by atoms with Gasteiger partial charge in [-0.2, -0.15) is 0 Å². The lowest BCUT2D eigenvalue weighted by Gasteiger charge is -2.25. The molecule has 0 unspecified atom stereocenters. The Balaban J connectivity index is 1.94. The van der Waals surface area contributed by atoms with Crippen LogP contribution in [0.1, 0.15) is 71.4 Å². The van der Waals surface area contributed by atoms with Gasteiger partial charge in [-0.05, 0) is 60.0 Å². The molecule has 0 aliphatic carbocycles. The van der Waals surface area contributed by atoms with E-state index in [2.05, 4.69) is 74.8 Å². The Morgan fingerprint density at radius 1 is 0.880 bits per heavy atom. The largest absolute Gasteiger partial charge is 0.419 e. The van der Waals surface area contributed by atoms with Crippen LogP contribution in [0.25, 0.3) is 11.5 Å². The molecule has 4 nitrogen and oxygen atoms in total. The Hall–Kier alpha value is -1.68. The third kappa shape index (κ3) is 4.30. The minimum Gasteiger partial charge on any atom is -0.419 e. The zero-order valence-electron chi connectivity index (χ0n) is 16.5. The van der Waals surface area contributed by atoms with Gasteiger partial charge >= 0.3 is 0 Å². The number of likely N-dealkylation sites (tertiary alicyclic amines) is 1. The molecule has 25 heavy (non-hydrogen) atoms. The van der Waals surface area contributed by atoms with Gasteiger partial charge < -0.3 is 4.42 Å². The Morgan fingerprint density at radius 2 is 1.44 bits per heavy atom. The van der Waals surface area contributed by atoms with Gasteiger partial charge in [0, 0.05) is 5.56 Å². The van der Waals surface area contributed by atoms with E-state index in [4.69, 9.17) is 4.42 Å². The number of hydrogen-bond donors (Lipinski definition) is 0. The summed E-state index contributed by atoms with van der Waals surface area (Å²) in [6.07, 6.45) is 2.53. The summed E-state index contributed by atoms with van der Waals surface area (Å²) in [5.41, 5.74) is 3.78. The zero-order chi connectivity index (χ0) is 18.2. The zero-order valence-corrected chi connectivity index (χ0v) is 16.5. The van der Waals surface area contributed by atoms with Crippen molar-refractivity contribution in [1.82, 2.24) is 15.1 Å². The van der Waals surface area contributed by atoms with Crippen LogP contribution in [0, 0.1) is 0 Å². The fourth-order valence-electron chi connectivity index (χ4n) is 3.18. The highest BCUT2D eigenvalue weighted by Crippen LogP contribution is 2.33. The van der Waals surface area contributed by atoms with E-state index >= 15 is 0 Å². The molecule has 1 saturated heterocycles. The molecule has 2 heterocycles. The molecule has 136 valence electrons. The first-order valence-corrected chi connectivity index (χ1v) is 9.34. The number of rotatable bonds is 3. The predicted molar refractivity (Wildman–Crippen MR) is 102 cm³/mol. The highest BCUT2D eigenvalue weighted by atomic mass is 16.4. The molecule has 2 aromatic rings. The van der Waals surface area contributed by atoms with Crippen LogP contribution in [-0.4, -0.2) is 28.2 Å². The second kappa shape index (κ2) is 6.56. The van der Waals surface area contributed by atoms with Gasteiger partial charge in [-0.3, -0.25) is 4.90 Å². The van der Waals surface area contributed by atoms with E-state index in [1.807, 2.05) is 0 Å². The van der Waals surface area contributed by atoms with E-state index in [0.717, 1.165) is 31.1 Å². The predicted octanol–water partition coefficient (Wildman–Crippen LogP) is 4.93. The lowest BCUT2D eigenvalue weighted by molar-refractivity contribution is 0.292. The second-order valence-electron chi connectivity index (χ2n) is 9.28. The molecule has 0 amide bonds. The van der Waals surface area contributed by atoms with E-state index in [1.165, 1.54) is 24.0 Å². The molecule has 1 aromatic heterocycles. The molecule has 0 bridgehead atoms.